The summed E-state index contributed by atoms with van der Waals surface area (Å²) in [5.41, 5.74) is 3.86. The zero-order valence-electron chi connectivity index (χ0n) is 17.7. The first-order valence-corrected chi connectivity index (χ1v) is 10.4. The van der Waals surface area contributed by atoms with E-state index in [9.17, 15) is 9.59 Å². The number of para-hydroxylation sites is 1. The summed E-state index contributed by atoms with van der Waals surface area (Å²) in [5, 5.41) is 10.1. The molecule has 0 bridgehead atoms. The van der Waals surface area contributed by atoms with E-state index in [1.807, 2.05) is 73.8 Å². The molecule has 0 radical (unpaired) electrons. The van der Waals surface area contributed by atoms with Crippen LogP contribution in [0.4, 0.5) is 5.69 Å². The van der Waals surface area contributed by atoms with Gasteiger partial charge in [-0.05, 0) is 30.2 Å². The highest BCUT2D eigenvalue weighted by Gasteiger charge is 2.16. The van der Waals surface area contributed by atoms with E-state index in [1.165, 1.54) is 0 Å². The molecule has 1 aromatic heterocycles. The van der Waals surface area contributed by atoms with Crippen LogP contribution in [0, 0.1) is 0 Å². The standard InChI is InChI=1S/C26H24N4O2/c1-19(20-10-4-2-5-11-20)28-26(32)23-14-8-9-15-24(23)29-25(31)18-30-17-22(16-27-30)21-12-6-3-7-13-21/h2-17,19H,18H2,1H3,(H,28,32)(H,29,31). The molecule has 0 spiro atoms. The van der Waals surface area contributed by atoms with Gasteiger partial charge in [0, 0.05) is 11.8 Å². The fourth-order valence-corrected chi connectivity index (χ4v) is 3.46. The predicted octanol–water partition coefficient (Wildman–Crippen LogP) is 4.68. The van der Waals surface area contributed by atoms with Gasteiger partial charge in [-0.2, -0.15) is 5.10 Å². The average molecular weight is 425 g/mol. The number of anilines is 1. The fourth-order valence-electron chi connectivity index (χ4n) is 3.46. The number of amides is 2. The lowest BCUT2D eigenvalue weighted by Gasteiger charge is -2.16. The third-order valence-corrected chi connectivity index (χ3v) is 5.14. The normalized spacial score (nSPS) is 11.5. The maximum absolute atomic E-state index is 12.9. The van der Waals surface area contributed by atoms with Crippen molar-refractivity contribution in [3.8, 4) is 11.1 Å². The van der Waals surface area contributed by atoms with E-state index in [4.69, 9.17) is 0 Å². The number of nitrogens with zero attached hydrogens (tertiary/aromatic N) is 2. The SMILES string of the molecule is CC(NC(=O)c1ccccc1NC(=O)Cn1cc(-c2ccccc2)cn1)c1ccccc1. The van der Waals surface area contributed by atoms with Crippen molar-refractivity contribution in [3.63, 3.8) is 0 Å². The van der Waals surface area contributed by atoms with Crippen molar-refractivity contribution in [1.29, 1.82) is 0 Å². The first-order valence-electron chi connectivity index (χ1n) is 10.4. The van der Waals surface area contributed by atoms with E-state index in [2.05, 4.69) is 15.7 Å². The Hall–Kier alpha value is -4.19. The van der Waals surface area contributed by atoms with Gasteiger partial charge in [-0.15, -0.1) is 0 Å². The summed E-state index contributed by atoms with van der Waals surface area (Å²) in [6.45, 7) is 1.97. The molecule has 1 unspecified atom stereocenters. The maximum Gasteiger partial charge on any atom is 0.253 e. The molecule has 4 aromatic rings. The molecule has 0 fully saturated rings. The molecule has 0 aliphatic heterocycles. The molecule has 32 heavy (non-hydrogen) atoms. The van der Waals surface area contributed by atoms with Gasteiger partial charge >= 0.3 is 0 Å². The Labute approximate surface area is 186 Å². The molecule has 1 heterocycles. The Bertz CT molecular complexity index is 1200. The van der Waals surface area contributed by atoms with Gasteiger partial charge in [-0.3, -0.25) is 14.3 Å². The summed E-state index contributed by atoms with van der Waals surface area (Å²) in [7, 11) is 0. The van der Waals surface area contributed by atoms with E-state index in [0.717, 1.165) is 16.7 Å². The maximum atomic E-state index is 12.9. The van der Waals surface area contributed by atoms with Crippen LogP contribution in [-0.4, -0.2) is 21.6 Å². The Morgan fingerprint density at radius 1 is 0.875 bits per heavy atom. The van der Waals surface area contributed by atoms with Crippen LogP contribution in [0.25, 0.3) is 11.1 Å². The number of hydrogen-bond acceptors (Lipinski definition) is 3. The van der Waals surface area contributed by atoms with Gasteiger partial charge in [0.1, 0.15) is 6.54 Å². The van der Waals surface area contributed by atoms with Gasteiger partial charge in [-0.1, -0.05) is 72.8 Å². The molecule has 0 aliphatic rings. The summed E-state index contributed by atoms with van der Waals surface area (Å²) in [5.74, 6) is -0.508. The third kappa shape index (κ3) is 5.10. The molecule has 2 N–H and O–H groups in total. The first kappa shape index (κ1) is 21.1. The Balaban J connectivity index is 1.42. The second-order valence-electron chi connectivity index (χ2n) is 7.49. The summed E-state index contributed by atoms with van der Waals surface area (Å²) >= 11 is 0. The van der Waals surface area contributed by atoms with Crippen LogP contribution < -0.4 is 10.6 Å². The molecule has 6 heteroatoms. The van der Waals surface area contributed by atoms with E-state index in [1.54, 1.807) is 35.1 Å². The molecule has 2 amide bonds. The van der Waals surface area contributed by atoms with E-state index in [0.29, 0.717) is 11.3 Å². The molecule has 1 atom stereocenters. The molecule has 6 nitrogen and oxygen atoms in total. The minimum Gasteiger partial charge on any atom is -0.345 e. The van der Waals surface area contributed by atoms with Crippen LogP contribution in [0.1, 0.15) is 28.9 Å². The molecular formula is C26H24N4O2. The largest absolute Gasteiger partial charge is 0.345 e. The Kier molecular flexibility index (Phi) is 6.41. The topological polar surface area (TPSA) is 76.0 Å². The number of benzene rings is 3. The van der Waals surface area contributed by atoms with E-state index < -0.39 is 0 Å². The summed E-state index contributed by atoms with van der Waals surface area (Å²) in [6, 6.07) is 26.4. The molecule has 0 saturated carbocycles. The molecule has 0 aliphatic carbocycles. The lowest BCUT2D eigenvalue weighted by molar-refractivity contribution is -0.116. The highest BCUT2D eigenvalue weighted by atomic mass is 16.2. The number of carbonyl (C=O) groups excluding carboxylic acids is 2. The van der Waals surface area contributed by atoms with Gasteiger partial charge in [0.05, 0.1) is 23.5 Å². The van der Waals surface area contributed by atoms with Crippen molar-refractivity contribution in [2.75, 3.05) is 5.32 Å². The molecular weight excluding hydrogens is 400 g/mol. The highest BCUT2D eigenvalue weighted by Crippen LogP contribution is 2.19. The zero-order chi connectivity index (χ0) is 22.3. The number of nitrogens with one attached hydrogen (secondary N) is 2. The summed E-state index contributed by atoms with van der Waals surface area (Å²) < 4.78 is 1.58. The van der Waals surface area contributed by atoms with Gasteiger partial charge in [0.2, 0.25) is 5.91 Å². The van der Waals surface area contributed by atoms with Crippen molar-refractivity contribution >= 4 is 17.5 Å². The number of carbonyl (C=O) groups is 2. The predicted molar refractivity (Wildman–Crippen MR) is 125 cm³/mol. The monoisotopic (exact) mass is 424 g/mol. The summed E-state index contributed by atoms with van der Waals surface area (Å²) in [4.78, 5) is 25.5. The van der Waals surface area contributed by atoms with Crippen molar-refractivity contribution < 1.29 is 9.59 Å². The van der Waals surface area contributed by atoms with Gasteiger partial charge in [-0.25, -0.2) is 0 Å². The molecule has 4 rings (SSSR count). The van der Waals surface area contributed by atoms with Crippen LogP contribution in [0.5, 0.6) is 0 Å². The van der Waals surface area contributed by atoms with Gasteiger partial charge < -0.3 is 10.6 Å². The number of hydrogen-bond donors (Lipinski definition) is 2. The zero-order valence-corrected chi connectivity index (χ0v) is 17.7. The second-order valence-corrected chi connectivity index (χ2v) is 7.49. The lowest BCUT2D eigenvalue weighted by atomic mass is 10.1. The second kappa shape index (κ2) is 9.75. The van der Waals surface area contributed by atoms with E-state index >= 15 is 0 Å². The fraction of sp³-hybridized carbons (Fsp3) is 0.115. The average Bonchev–Trinajstić information content (AvgIpc) is 3.29. The first-order chi connectivity index (χ1) is 15.6. The van der Waals surface area contributed by atoms with Crippen molar-refractivity contribution in [2.24, 2.45) is 0 Å². The van der Waals surface area contributed by atoms with Crippen molar-refractivity contribution in [2.45, 2.75) is 19.5 Å². The highest BCUT2D eigenvalue weighted by molar-refractivity contribution is 6.03. The summed E-state index contributed by atoms with van der Waals surface area (Å²) in [6.07, 6.45) is 3.56. The van der Waals surface area contributed by atoms with Gasteiger partial charge in [0.15, 0.2) is 0 Å². The van der Waals surface area contributed by atoms with E-state index in [-0.39, 0.29) is 24.4 Å². The van der Waals surface area contributed by atoms with Crippen LogP contribution in [0.2, 0.25) is 0 Å². The quantitative estimate of drug-likeness (QED) is 0.452. The van der Waals surface area contributed by atoms with Crippen LogP contribution >= 0.6 is 0 Å². The lowest BCUT2D eigenvalue weighted by Crippen LogP contribution is -2.28. The Morgan fingerprint density at radius 2 is 1.53 bits per heavy atom. The van der Waals surface area contributed by atoms with Crippen LogP contribution in [0.15, 0.2) is 97.3 Å². The van der Waals surface area contributed by atoms with Crippen molar-refractivity contribution in [1.82, 2.24) is 15.1 Å². The molecule has 160 valence electrons. The molecule has 0 saturated heterocycles. The minimum absolute atomic E-state index is 0.0448. The smallest absolute Gasteiger partial charge is 0.253 e. The Morgan fingerprint density at radius 3 is 2.28 bits per heavy atom. The van der Waals surface area contributed by atoms with Gasteiger partial charge in [0.25, 0.3) is 5.91 Å². The van der Waals surface area contributed by atoms with Crippen LogP contribution in [0.3, 0.4) is 0 Å². The third-order valence-electron chi connectivity index (χ3n) is 5.14. The number of rotatable bonds is 7. The minimum atomic E-state index is -0.260. The van der Waals surface area contributed by atoms with Crippen LogP contribution in [-0.2, 0) is 11.3 Å². The molecule has 3 aromatic carbocycles. The number of aromatic nitrogens is 2. The van der Waals surface area contributed by atoms with Crippen molar-refractivity contribution in [3.05, 3.63) is 108 Å².